The van der Waals surface area contributed by atoms with Crippen LogP contribution in [-0.4, -0.2) is 30.1 Å². The highest BCUT2D eigenvalue weighted by Crippen LogP contribution is 2.14. The second kappa shape index (κ2) is 7.58. The lowest BCUT2D eigenvalue weighted by molar-refractivity contribution is 0.127. The molecule has 0 aliphatic rings. The third kappa shape index (κ3) is 4.71. The van der Waals surface area contributed by atoms with E-state index < -0.39 is 6.10 Å². The van der Waals surface area contributed by atoms with Crippen LogP contribution in [0.25, 0.3) is 0 Å². The molecule has 0 saturated carbocycles. The van der Waals surface area contributed by atoms with Gasteiger partial charge in [0, 0.05) is 13.1 Å². The molecule has 3 nitrogen and oxygen atoms in total. The smallest absolute Gasteiger partial charge is 0.0991 e. The molecule has 0 spiro atoms. The average Bonchev–Trinajstić information content (AvgIpc) is 2.54. The molecule has 2 aromatic carbocycles. The third-order valence-electron chi connectivity index (χ3n) is 3.53. The van der Waals surface area contributed by atoms with Gasteiger partial charge in [-0.2, -0.15) is 5.26 Å². The summed E-state index contributed by atoms with van der Waals surface area (Å²) in [4.78, 5) is 2.12. The number of hydrogen-bond acceptors (Lipinski definition) is 3. The van der Waals surface area contributed by atoms with Gasteiger partial charge in [-0.05, 0) is 36.7 Å². The van der Waals surface area contributed by atoms with E-state index in [0.29, 0.717) is 12.1 Å². The van der Waals surface area contributed by atoms with Gasteiger partial charge in [-0.3, -0.25) is 0 Å². The predicted octanol–water partition coefficient (Wildman–Crippen LogP) is 2.77. The molecular formula is C18H20N2O. The summed E-state index contributed by atoms with van der Waals surface area (Å²) < 4.78 is 0. The van der Waals surface area contributed by atoms with Crippen LogP contribution in [0.4, 0.5) is 0 Å². The van der Waals surface area contributed by atoms with Gasteiger partial charge in [0.2, 0.25) is 0 Å². The van der Waals surface area contributed by atoms with Gasteiger partial charge in [0.05, 0.1) is 17.7 Å². The normalized spacial score (nSPS) is 12.1. The summed E-state index contributed by atoms with van der Waals surface area (Å²) in [6.07, 6.45) is 0.441. The van der Waals surface area contributed by atoms with Crippen molar-refractivity contribution < 1.29 is 5.11 Å². The number of benzene rings is 2. The maximum absolute atomic E-state index is 10.2. The molecule has 21 heavy (non-hydrogen) atoms. The minimum Gasteiger partial charge on any atom is -0.387 e. The van der Waals surface area contributed by atoms with E-state index in [1.54, 1.807) is 12.1 Å². The Balaban J connectivity index is 1.84. The lowest BCUT2D eigenvalue weighted by atomic mass is 10.1. The molecule has 0 radical (unpaired) electrons. The second-order valence-corrected chi connectivity index (χ2v) is 5.25. The first kappa shape index (κ1) is 15.2. The first-order valence-electron chi connectivity index (χ1n) is 7.09. The lowest BCUT2D eigenvalue weighted by Gasteiger charge is -2.20. The van der Waals surface area contributed by atoms with Crippen LogP contribution < -0.4 is 0 Å². The van der Waals surface area contributed by atoms with Gasteiger partial charge >= 0.3 is 0 Å². The number of nitrogens with zero attached hydrogens (tertiary/aromatic N) is 2. The van der Waals surface area contributed by atoms with Crippen molar-refractivity contribution in [1.82, 2.24) is 4.90 Å². The van der Waals surface area contributed by atoms with Crippen LogP contribution in [0, 0.1) is 11.3 Å². The molecule has 0 bridgehead atoms. The van der Waals surface area contributed by atoms with E-state index >= 15 is 0 Å². The van der Waals surface area contributed by atoms with Crippen LogP contribution in [0.5, 0.6) is 0 Å². The number of aliphatic hydroxyl groups excluding tert-OH is 1. The van der Waals surface area contributed by atoms with Crippen molar-refractivity contribution in [3.63, 3.8) is 0 Å². The van der Waals surface area contributed by atoms with E-state index in [-0.39, 0.29) is 0 Å². The summed E-state index contributed by atoms with van der Waals surface area (Å²) in [6, 6.07) is 19.5. The Morgan fingerprint density at radius 3 is 2.38 bits per heavy atom. The quantitative estimate of drug-likeness (QED) is 0.885. The summed E-state index contributed by atoms with van der Waals surface area (Å²) in [6.45, 7) is 1.48. The summed E-state index contributed by atoms with van der Waals surface area (Å²) >= 11 is 0. The van der Waals surface area contributed by atoms with Crippen molar-refractivity contribution in [3.8, 4) is 6.07 Å². The molecule has 0 aliphatic carbocycles. The highest BCUT2D eigenvalue weighted by Gasteiger charge is 2.10. The highest BCUT2D eigenvalue weighted by atomic mass is 16.3. The molecule has 0 saturated heterocycles. The second-order valence-electron chi connectivity index (χ2n) is 5.25. The number of likely N-dealkylation sites (N-methyl/N-ethyl adjacent to an activating group) is 1. The largest absolute Gasteiger partial charge is 0.387 e. The van der Waals surface area contributed by atoms with Crippen LogP contribution in [0.15, 0.2) is 54.6 Å². The molecule has 1 atom stereocenters. The Bertz CT molecular complexity index is 587. The van der Waals surface area contributed by atoms with Crippen molar-refractivity contribution in [2.75, 3.05) is 20.1 Å². The topological polar surface area (TPSA) is 47.3 Å². The SMILES string of the molecule is CN(CCc1ccccc1)CC(O)c1ccc(C#N)cc1. The lowest BCUT2D eigenvalue weighted by Crippen LogP contribution is -2.26. The minimum atomic E-state index is -0.529. The molecule has 108 valence electrons. The van der Waals surface area contributed by atoms with Gasteiger partial charge in [0.1, 0.15) is 0 Å². The zero-order valence-corrected chi connectivity index (χ0v) is 12.2. The molecule has 2 aromatic rings. The number of aliphatic hydroxyl groups is 1. The van der Waals surface area contributed by atoms with Crippen LogP contribution in [0.2, 0.25) is 0 Å². The summed E-state index contributed by atoms with van der Waals surface area (Å²) in [5.74, 6) is 0. The van der Waals surface area contributed by atoms with Crippen molar-refractivity contribution >= 4 is 0 Å². The van der Waals surface area contributed by atoms with E-state index in [9.17, 15) is 5.11 Å². The minimum absolute atomic E-state index is 0.529. The number of nitriles is 1. The molecular weight excluding hydrogens is 260 g/mol. The van der Waals surface area contributed by atoms with Crippen LogP contribution >= 0.6 is 0 Å². The maximum atomic E-state index is 10.2. The van der Waals surface area contributed by atoms with E-state index in [2.05, 4.69) is 23.1 Å². The monoisotopic (exact) mass is 280 g/mol. The van der Waals surface area contributed by atoms with E-state index in [4.69, 9.17) is 5.26 Å². The summed E-state index contributed by atoms with van der Waals surface area (Å²) in [7, 11) is 2.01. The van der Waals surface area contributed by atoms with E-state index in [1.165, 1.54) is 5.56 Å². The van der Waals surface area contributed by atoms with Crippen LogP contribution in [0.1, 0.15) is 22.8 Å². The Kier molecular flexibility index (Phi) is 5.51. The molecule has 0 aromatic heterocycles. The van der Waals surface area contributed by atoms with Gasteiger partial charge in [0.15, 0.2) is 0 Å². The maximum Gasteiger partial charge on any atom is 0.0991 e. The fourth-order valence-electron chi connectivity index (χ4n) is 2.24. The van der Waals surface area contributed by atoms with Crippen molar-refractivity contribution in [3.05, 3.63) is 71.3 Å². The zero-order valence-electron chi connectivity index (χ0n) is 12.2. The first-order valence-corrected chi connectivity index (χ1v) is 7.09. The van der Waals surface area contributed by atoms with Crippen molar-refractivity contribution in [2.45, 2.75) is 12.5 Å². The number of rotatable bonds is 6. The molecule has 3 heteroatoms. The average molecular weight is 280 g/mol. The van der Waals surface area contributed by atoms with Gasteiger partial charge in [-0.15, -0.1) is 0 Å². The fraction of sp³-hybridized carbons (Fsp3) is 0.278. The van der Waals surface area contributed by atoms with Gasteiger partial charge < -0.3 is 10.0 Å². The third-order valence-corrected chi connectivity index (χ3v) is 3.53. The summed E-state index contributed by atoms with van der Waals surface area (Å²) in [5.41, 5.74) is 2.76. The molecule has 1 N–H and O–H groups in total. The fourth-order valence-corrected chi connectivity index (χ4v) is 2.24. The van der Waals surface area contributed by atoms with Crippen molar-refractivity contribution in [1.29, 1.82) is 5.26 Å². The Morgan fingerprint density at radius 2 is 1.76 bits per heavy atom. The number of hydrogen-bond donors (Lipinski definition) is 1. The standard InChI is InChI=1S/C18H20N2O/c1-20(12-11-15-5-3-2-4-6-15)14-18(21)17-9-7-16(13-19)8-10-17/h2-10,18,21H,11-12,14H2,1H3. The zero-order chi connectivity index (χ0) is 15.1. The van der Waals surface area contributed by atoms with Crippen LogP contribution in [0.3, 0.4) is 0 Å². The van der Waals surface area contributed by atoms with Gasteiger partial charge in [0.25, 0.3) is 0 Å². The summed E-state index contributed by atoms with van der Waals surface area (Å²) in [5, 5.41) is 19.0. The molecule has 2 rings (SSSR count). The molecule has 1 unspecified atom stereocenters. The Labute approximate surface area is 126 Å². The van der Waals surface area contributed by atoms with Gasteiger partial charge in [-0.1, -0.05) is 42.5 Å². The predicted molar refractivity (Wildman–Crippen MR) is 83.8 cm³/mol. The molecule has 0 fully saturated rings. The Morgan fingerprint density at radius 1 is 1.10 bits per heavy atom. The van der Waals surface area contributed by atoms with E-state index in [1.807, 2.05) is 37.4 Å². The van der Waals surface area contributed by atoms with E-state index in [0.717, 1.165) is 18.5 Å². The Hall–Kier alpha value is -2.15. The molecule has 0 aliphatic heterocycles. The van der Waals surface area contributed by atoms with Crippen LogP contribution in [-0.2, 0) is 6.42 Å². The van der Waals surface area contributed by atoms with Crippen molar-refractivity contribution in [2.24, 2.45) is 0 Å². The first-order chi connectivity index (χ1) is 10.2. The molecule has 0 heterocycles. The van der Waals surface area contributed by atoms with Gasteiger partial charge in [-0.25, -0.2) is 0 Å². The molecule has 0 amide bonds. The highest BCUT2D eigenvalue weighted by molar-refractivity contribution is 5.32.